The van der Waals surface area contributed by atoms with Crippen LogP contribution in [0.5, 0.6) is 0 Å². The molecule has 64 valence electrons. The molecule has 0 aliphatic carbocycles. The van der Waals surface area contributed by atoms with Crippen LogP contribution in [0.2, 0.25) is 0 Å². The molecule has 2 N–H and O–H groups in total. The van der Waals surface area contributed by atoms with E-state index in [1.807, 2.05) is 0 Å². The third kappa shape index (κ3) is 11.4. The van der Waals surface area contributed by atoms with Gasteiger partial charge < -0.3 is 10.2 Å². The summed E-state index contributed by atoms with van der Waals surface area (Å²) in [6, 6.07) is 0. The van der Waals surface area contributed by atoms with Gasteiger partial charge in [-0.2, -0.15) is 13.2 Å². The first kappa shape index (κ1) is 16.9. The van der Waals surface area contributed by atoms with Crippen molar-refractivity contribution < 1.29 is 68.1 Å². The van der Waals surface area contributed by atoms with Crippen molar-refractivity contribution in [3.05, 3.63) is 0 Å². The Hall–Kier alpha value is 0.545. The second-order valence-corrected chi connectivity index (χ2v) is 0.803. The normalized spacial score (nSPS) is 8.50. The van der Waals surface area contributed by atoms with Crippen molar-refractivity contribution in [2.75, 3.05) is 7.11 Å². The molecule has 0 rings (SSSR count). The SMILES string of the molecule is CO.O=C(O)C(F)(F)F.[Gd]. The van der Waals surface area contributed by atoms with Gasteiger partial charge in [-0.15, -0.1) is 0 Å². The Morgan fingerprint density at radius 1 is 1.30 bits per heavy atom. The minimum absolute atomic E-state index is 0. The first-order chi connectivity index (χ1) is 3.94. The summed E-state index contributed by atoms with van der Waals surface area (Å²) in [6.07, 6.45) is -5.08. The van der Waals surface area contributed by atoms with E-state index in [1.165, 1.54) is 0 Å². The molecule has 0 atom stereocenters. The molecule has 0 radical (unpaired) electrons. The number of rotatable bonds is 0. The number of carboxylic acids is 1. The molecule has 0 aromatic heterocycles. The van der Waals surface area contributed by atoms with Crippen LogP contribution in [0, 0.1) is 39.9 Å². The van der Waals surface area contributed by atoms with E-state index in [-0.39, 0.29) is 39.9 Å². The van der Waals surface area contributed by atoms with E-state index in [0.717, 1.165) is 7.11 Å². The summed E-state index contributed by atoms with van der Waals surface area (Å²) in [5, 5.41) is 14.1. The van der Waals surface area contributed by atoms with E-state index in [4.69, 9.17) is 15.0 Å². The first-order valence-corrected chi connectivity index (χ1v) is 1.69. The van der Waals surface area contributed by atoms with Gasteiger partial charge in [-0.05, 0) is 0 Å². The quantitative estimate of drug-likeness (QED) is 0.674. The number of alkyl halides is 3. The van der Waals surface area contributed by atoms with Gasteiger partial charge in [0, 0.05) is 47.1 Å². The van der Waals surface area contributed by atoms with Crippen LogP contribution in [0.25, 0.3) is 0 Å². The molecule has 0 unspecified atom stereocenters. The Balaban J connectivity index is -0.000000149. The molecule has 0 aliphatic heterocycles. The van der Waals surface area contributed by atoms with E-state index in [9.17, 15) is 13.2 Å². The molecule has 0 amide bonds. The number of hydrogen-bond acceptors (Lipinski definition) is 2. The summed E-state index contributed by atoms with van der Waals surface area (Å²) in [7, 11) is 1.00. The Labute approximate surface area is 86.9 Å². The average Bonchev–Trinajstić information content (AvgIpc) is 1.69. The van der Waals surface area contributed by atoms with E-state index in [2.05, 4.69) is 0 Å². The maximum atomic E-state index is 10.6. The van der Waals surface area contributed by atoms with E-state index in [1.54, 1.807) is 0 Å². The van der Waals surface area contributed by atoms with Gasteiger partial charge in [-0.3, -0.25) is 0 Å². The van der Waals surface area contributed by atoms with Gasteiger partial charge in [0.2, 0.25) is 0 Å². The molecule has 0 aliphatic rings. The predicted octanol–water partition coefficient (Wildman–Crippen LogP) is 0.242. The number of aliphatic hydroxyl groups excluding tert-OH is 1. The Bertz CT molecular complexity index is 91.5. The molecule has 0 bridgehead atoms. The van der Waals surface area contributed by atoms with Crippen LogP contribution >= 0.6 is 0 Å². The fourth-order valence-corrected chi connectivity index (χ4v) is 0. The molecule has 0 saturated carbocycles. The van der Waals surface area contributed by atoms with Crippen molar-refractivity contribution in [1.29, 1.82) is 0 Å². The fourth-order valence-electron chi connectivity index (χ4n) is 0. The number of aliphatic hydroxyl groups is 1. The van der Waals surface area contributed by atoms with Crippen LogP contribution in [0.4, 0.5) is 13.2 Å². The van der Waals surface area contributed by atoms with Gasteiger partial charge in [0.25, 0.3) is 0 Å². The molecule has 7 heteroatoms. The van der Waals surface area contributed by atoms with Crippen LogP contribution in [0.1, 0.15) is 0 Å². The topological polar surface area (TPSA) is 57.5 Å². The summed E-state index contributed by atoms with van der Waals surface area (Å²) in [5.74, 6) is -2.76. The summed E-state index contributed by atoms with van der Waals surface area (Å²) < 4.78 is 31.7. The molecule has 10 heavy (non-hydrogen) atoms. The smallest absolute Gasteiger partial charge is 0.475 e. The minimum Gasteiger partial charge on any atom is -0.475 e. The van der Waals surface area contributed by atoms with Crippen molar-refractivity contribution in [2.45, 2.75) is 6.18 Å². The van der Waals surface area contributed by atoms with Crippen LogP contribution in [0.3, 0.4) is 0 Å². The van der Waals surface area contributed by atoms with Gasteiger partial charge >= 0.3 is 12.1 Å². The summed E-state index contributed by atoms with van der Waals surface area (Å²) in [4.78, 5) is 8.90. The number of carboxylic acid groups (broad SMARTS) is 1. The van der Waals surface area contributed by atoms with Crippen molar-refractivity contribution >= 4 is 5.97 Å². The van der Waals surface area contributed by atoms with Crippen LogP contribution < -0.4 is 0 Å². The van der Waals surface area contributed by atoms with Gasteiger partial charge in [-0.1, -0.05) is 0 Å². The molecular formula is C3H5F3GdO3. The van der Waals surface area contributed by atoms with Crippen molar-refractivity contribution in [1.82, 2.24) is 0 Å². The van der Waals surface area contributed by atoms with E-state index >= 15 is 0 Å². The molecule has 0 fully saturated rings. The molecule has 0 heterocycles. The second kappa shape index (κ2) is 7.65. The van der Waals surface area contributed by atoms with Gasteiger partial charge in [-0.25, -0.2) is 4.79 Å². The Morgan fingerprint density at radius 2 is 1.40 bits per heavy atom. The number of carbonyl (C=O) groups is 1. The average molecular weight is 303 g/mol. The van der Waals surface area contributed by atoms with Crippen molar-refractivity contribution in [3.63, 3.8) is 0 Å². The predicted molar refractivity (Wildman–Crippen MR) is 21.8 cm³/mol. The minimum atomic E-state index is -5.08. The van der Waals surface area contributed by atoms with E-state index in [0.29, 0.717) is 0 Å². The van der Waals surface area contributed by atoms with Crippen molar-refractivity contribution in [3.8, 4) is 0 Å². The molecule has 0 aromatic rings. The fraction of sp³-hybridized carbons (Fsp3) is 0.667. The van der Waals surface area contributed by atoms with Crippen LogP contribution in [-0.2, 0) is 4.79 Å². The first-order valence-electron chi connectivity index (χ1n) is 1.69. The summed E-state index contributed by atoms with van der Waals surface area (Å²) in [6.45, 7) is 0. The van der Waals surface area contributed by atoms with Crippen LogP contribution in [0.15, 0.2) is 0 Å². The number of halogens is 3. The molecular weight excluding hydrogens is 298 g/mol. The third-order valence-corrected chi connectivity index (χ3v) is 0.243. The zero-order valence-corrected chi connectivity index (χ0v) is 7.06. The van der Waals surface area contributed by atoms with Crippen molar-refractivity contribution in [2.24, 2.45) is 0 Å². The molecule has 3 nitrogen and oxygen atoms in total. The molecule has 0 spiro atoms. The third-order valence-electron chi connectivity index (χ3n) is 0.243. The summed E-state index contributed by atoms with van der Waals surface area (Å²) >= 11 is 0. The standard InChI is InChI=1S/C2HF3O2.CH4O.Gd/c3-2(4,5)1(6)7;1-2;/h(H,6,7);2H,1H3;. The molecule has 0 saturated heterocycles. The zero-order chi connectivity index (χ0) is 8.08. The summed E-state index contributed by atoms with van der Waals surface area (Å²) in [5.41, 5.74) is 0. The largest absolute Gasteiger partial charge is 0.490 e. The van der Waals surface area contributed by atoms with Crippen LogP contribution in [-0.4, -0.2) is 29.5 Å². The number of aliphatic carboxylic acids is 1. The van der Waals surface area contributed by atoms with Gasteiger partial charge in [0.15, 0.2) is 0 Å². The maximum Gasteiger partial charge on any atom is 0.490 e. The zero-order valence-electron chi connectivity index (χ0n) is 4.79. The van der Waals surface area contributed by atoms with E-state index < -0.39 is 12.1 Å². The molecule has 0 aromatic carbocycles. The Morgan fingerprint density at radius 3 is 1.40 bits per heavy atom. The number of hydrogen-bond donors (Lipinski definition) is 2. The van der Waals surface area contributed by atoms with Gasteiger partial charge in [0.1, 0.15) is 0 Å². The Kier molecular flexibility index (Phi) is 12.9. The van der Waals surface area contributed by atoms with Gasteiger partial charge in [0.05, 0.1) is 0 Å². The monoisotopic (exact) mass is 304 g/mol. The maximum absolute atomic E-state index is 10.6. The second-order valence-electron chi connectivity index (χ2n) is 0.803.